The van der Waals surface area contributed by atoms with Crippen LogP contribution in [0.4, 0.5) is 23.2 Å². The number of aromatic nitrogens is 2. The van der Waals surface area contributed by atoms with Crippen molar-refractivity contribution in [3.63, 3.8) is 0 Å². The highest BCUT2D eigenvalue weighted by molar-refractivity contribution is 6.39. The van der Waals surface area contributed by atoms with E-state index in [4.69, 9.17) is 5.41 Å². The molecule has 0 aliphatic carbocycles. The number of hydrogen-bond donors (Lipinski definition) is 4. The number of anilines is 1. The maximum absolute atomic E-state index is 14.9. The Morgan fingerprint density at radius 1 is 1.16 bits per heavy atom. The molecule has 4 N–H and O–H groups in total. The lowest BCUT2D eigenvalue weighted by atomic mass is 9.99. The minimum atomic E-state index is -4.90. The number of carbonyl (C=O) groups is 1. The molecule has 2 aromatic carbocycles. The van der Waals surface area contributed by atoms with E-state index in [2.05, 4.69) is 20.7 Å². The normalized spacial score (nSPS) is 14.9. The first kappa shape index (κ1) is 25.5. The van der Waals surface area contributed by atoms with Gasteiger partial charge in [0.05, 0.1) is 41.1 Å². The molecule has 8 nitrogen and oxygen atoms in total. The second-order valence-electron chi connectivity index (χ2n) is 7.95. The van der Waals surface area contributed by atoms with Crippen LogP contribution in [0.1, 0.15) is 15.9 Å². The Kier molecular flexibility index (Phi) is 7.02. The van der Waals surface area contributed by atoms with E-state index in [1.54, 1.807) is 30.3 Å². The predicted molar refractivity (Wildman–Crippen MR) is 130 cm³/mol. The van der Waals surface area contributed by atoms with E-state index in [-0.39, 0.29) is 34.6 Å². The van der Waals surface area contributed by atoms with Crippen LogP contribution in [-0.4, -0.2) is 39.3 Å². The van der Waals surface area contributed by atoms with Crippen LogP contribution >= 0.6 is 0 Å². The zero-order valence-corrected chi connectivity index (χ0v) is 19.3. The van der Waals surface area contributed by atoms with Crippen LogP contribution < -0.4 is 10.6 Å². The van der Waals surface area contributed by atoms with Crippen LogP contribution in [0.2, 0.25) is 0 Å². The molecule has 0 saturated heterocycles. The molecule has 0 fully saturated rings. The van der Waals surface area contributed by atoms with Crippen molar-refractivity contribution < 1.29 is 27.5 Å². The van der Waals surface area contributed by atoms with Crippen LogP contribution in [0.25, 0.3) is 11.3 Å². The fourth-order valence-electron chi connectivity index (χ4n) is 3.56. The Labute approximate surface area is 208 Å². The Morgan fingerprint density at radius 2 is 1.89 bits per heavy atom. The Hall–Kier alpha value is -4.58. The fraction of sp³-hybridized carbons (Fsp3) is 0.120. The molecule has 0 saturated carbocycles. The minimum Gasteiger partial charge on any atom is -0.390 e. The van der Waals surface area contributed by atoms with Crippen molar-refractivity contribution in [2.45, 2.75) is 6.18 Å². The highest BCUT2D eigenvalue weighted by Crippen LogP contribution is 2.38. The number of aliphatic hydroxyl groups excluding tert-OH is 1. The van der Waals surface area contributed by atoms with Crippen LogP contribution in [-0.2, 0) is 13.2 Å². The number of aliphatic hydroxyl groups is 1. The van der Waals surface area contributed by atoms with Crippen molar-refractivity contribution in [2.75, 3.05) is 11.9 Å². The van der Waals surface area contributed by atoms with E-state index in [0.29, 0.717) is 5.69 Å². The summed E-state index contributed by atoms with van der Waals surface area (Å²) in [6.45, 7) is -0.444. The van der Waals surface area contributed by atoms with Gasteiger partial charge in [-0.25, -0.2) is 4.39 Å². The second-order valence-corrected chi connectivity index (χ2v) is 7.95. The molecule has 1 aliphatic heterocycles. The molecule has 190 valence electrons. The van der Waals surface area contributed by atoms with Crippen LogP contribution in [0, 0.1) is 11.2 Å². The van der Waals surface area contributed by atoms with E-state index >= 15 is 0 Å². The van der Waals surface area contributed by atoms with Crippen LogP contribution in [0.5, 0.6) is 0 Å². The summed E-state index contributed by atoms with van der Waals surface area (Å²) in [4.78, 5) is 17.1. The molecule has 1 aromatic heterocycles. The third kappa shape index (κ3) is 5.64. The number of alkyl halides is 3. The topological polar surface area (TPSA) is 115 Å². The lowest BCUT2D eigenvalue weighted by Gasteiger charge is -2.19. The largest absolute Gasteiger partial charge is 0.417 e. The minimum absolute atomic E-state index is 0.0583. The van der Waals surface area contributed by atoms with Gasteiger partial charge in [-0.1, -0.05) is 18.2 Å². The van der Waals surface area contributed by atoms with Crippen molar-refractivity contribution in [3.05, 3.63) is 94.8 Å². The number of benzene rings is 2. The van der Waals surface area contributed by atoms with E-state index in [0.717, 1.165) is 12.3 Å². The van der Waals surface area contributed by atoms with Gasteiger partial charge < -0.3 is 15.7 Å². The summed E-state index contributed by atoms with van der Waals surface area (Å²) in [6, 6.07) is 10.9. The highest BCUT2D eigenvalue weighted by Gasteiger charge is 2.36. The Balaban J connectivity index is 1.79. The summed E-state index contributed by atoms with van der Waals surface area (Å²) in [5.41, 5.74) is -1.81. The van der Waals surface area contributed by atoms with Crippen molar-refractivity contribution in [2.24, 2.45) is 12.0 Å². The van der Waals surface area contributed by atoms with Gasteiger partial charge in [0.25, 0.3) is 5.91 Å². The number of allylic oxidation sites excluding steroid dienone is 2. The predicted octanol–water partition coefficient (Wildman–Crippen LogP) is 4.28. The first-order valence-corrected chi connectivity index (χ1v) is 10.8. The van der Waals surface area contributed by atoms with Gasteiger partial charge in [0.15, 0.2) is 0 Å². The molecular formula is C25H20F4N6O2. The average molecular weight is 512 g/mol. The maximum Gasteiger partial charge on any atom is 0.417 e. The zero-order valence-electron chi connectivity index (χ0n) is 19.3. The Bertz CT molecular complexity index is 1460. The number of nitrogens with one attached hydrogen (secondary N) is 3. The summed E-state index contributed by atoms with van der Waals surface area (Å²) in [5, 5.41) is 27.0. The molecular weight excluding hydrogens is 492 g/mol. The van der Waals surface area contributed by atoms with Gasteiger partial charge in [0.1, 0.15) is 11.6 Å². The smallest absolute Gasteiger partial charge is 0.390 e. The first-order chi connectivity index (χ1) is 17.6. The molecule has 1 amide bonds. The van der Waals surface area contributed by atoms with E-state index in [9.17, 15) is 27.5 Å². The van der Waals surface area contributed by atoms with Crippen molar-refractivity contribution >= 4 is 23.5 Å². The summed E-state index contributed by atoms with van der Waals surface area (Å²) < 4.78 is 57.2. The molecule has 37 heavy (non-hydrogen) atoms. The standard InChI is InChI=1S/C25H20F4N6O2/c1-35-8-7-22(34-35)16-10-17(20(26)11-19(16)25(27,28)29)24(37)33-23(32-14-5-3-2-4-6-14)18-9-15(13-36)31-12-21(18)30/h2-12,30,32,36H,13H2,1H3,(H,33,37)/b23-18+,30-21?. The van der Waals surface area contributed by atoms with Crippen molar-refractivity contribution in [1.82, 2.24) is 15.1 Å². The van der Waals surface area contributed by atoms with Gasteiger partial charge in [0.2, 0.25) is 0 Å². The van der Waals surface area contributed by atoms with Crippen molar-refractivity contribution in [1.29, 1.82) is 5.41 Å². The van der Waals surface area contributed by atoms with Crippen LogP contribution in [0.15, 0.2) is 82.9 Å². The number of carbonyl (C=O) groups excluding carboxylic acids is 1. The third-order valence-electron chi connectivity index (χ3n) is 5.32. The van der Waals surface area contributed by atoms with E-state index < -0.39 is 41.2 Å². The number of rotatable bonds is 6. The highest BCUT2D eigenvalue weighted by atomic mass is 19.4. The molecule has 0 bridgehead atoms. The number of para-hydroxylation sites is 1. The third-order valence-corrected chi connectivity index (χ3v) is 5.32. The van der Waals surface area contributed by atoms with Crippen molar-refractivity contribution in [3.8, 4) is 11.3 Å². The lowest BCUT2D eigenvalue weighted by Crippen LogP contribution is -2.31. The second kappa shape index (κ2) is 10.2. The maximum atomic E-state index is 14.9. The number of nitrogens with zero attached hydrogens (tertiary/aromatic N) is 3. The van der Waals surface area contributed by atoms with E-state index in [1.807, 2.05) is 0 Å². The SMILES string of the molecule is Cn1ccc(-c2cc(C(=O)N/C(Nc3ccccc3)=C3\C=C(CO)N=CC3=N)c(F)cc2C(F)(F)F)n1. The van der Waals surface area contributed by atoms with Gasteiger partial charge in [0, 0.05) is 30.1 Å². The zero-order chi connectivity index (χ0) is 26.7. The number of halogens is 4. The average Bonchev–Trinajstić information content (AvgIpc) is 3.30. The molecule has 3 aromatic rings. The number of amides is 1. The lowest BCUT2D eigenvalue weighted by molar-refractivity contribution is -0.137. The summed E-state index contributed by atoms with van der Waals surface area (Å²) >= 11 is 0. The van der Waals surface area contributed by atoms with Crippen LogP contribution in [0.3, 0.4) is 0 Å². The van der Waals surface area contributed by atoms with Gasteiger partial charge in [-0.2, -0.15) is 18.3 Å². The monoisotopic (exact) mass is 512 g/mol. The number of aryl methyl sites for hydroxylation is 1. The summed E-state index contributed by atoms with van der Waals surface area (Å²) in [7, 11) is 1.51. The fourth-order valence-corrected chi connectivity index (χ4v) is 3.56. The van der Waals surface area contributed by atoms with Gasteiger partial charge in [-0.05, 0) is 36.4 Å². The molecule has 1 aliphatic rings. The van der Waals surface area contributed by atoms with Gasteiger partial charge in [-0.3, -0.25) is 19.9 Å². The number of hydrogen-bond acceptors (Lipinski definition) is 6. The van der Waals surface area contributed by atoms with Gasteiger partial charge in [-0.15, -0.1) is 0 Å². The molecule has 12 heteroatoms. The quantitative estimate of drug-likeness (QED) is 0.369. The Morgan fingerprint density at radius 3 is 2.51 bits per heavy atom. The molecule has 4 rings (SSSR count). The van der Waals surface area contributed by atoms with E-state index in [1.165, 1.54) is 30.1 Å². The molecule has 0 spiro atoms. The first-order valence-electron chi connectivity index (χ1n) is 10.8. The molecule has 0 radical (unpaired) electrons. The van der Waals surface area contributed by atoms with Gasteiger partial charge >= 0.3 is 6.18 Å². The number of aliphatic imine (C=N–C) groups is 1. The summed E-state index contributed by atoms with van der Waals surface area (Å²) in [5.74, 6) is -2.51. The molecule has 0 atom stereocenters. The molecule has 2 heterocycles. The molecule has 0 unspecified atom stereocenters. The summed E-state index contributed by atoms with van der Waals surface area (Å²) in [6.07, 6.45) is -0.952.